The summed E-state index contributed by atoms with van der Waals surface area (Å²) in [4.78, 5) is 8.22. The van der Waals surface area contributed by atoms with E-state index in [0.717, 1.165) is 18.0 Å². The maximum atomic E-state index is 4.69. The second-order valence-electron chi connectivity index (χ2n) is 4.39. The first kappa shape index (κ1) is 11.3. The average molecular weight is 257 g/mol. The zero-order valence-electron chi connectivity index (χ0n) is 10.5. The lowest BCUT2D eigenvalue weighted by Crippen LogP contribution is -2.19. The van der Waals surface area contributed by atoms with Crippen LogP contribution in [0.4, 0.5) is 5.95 Å². The molecule has 0 aliphatic heterocycles. The van der Waals surface area contributed by atoms with Gasteiger partial charge >= 0.3 is 0 Å². The van der Waals surface area contributed by atoms with Crippen LogP contribution in [-0.4, -0.2) is 16.6 Å². The minimum atomic E-state index is 0.898. The van der Waals surface area contributed by atoms with E-state index in [1.165, 1.54) is 10.4 Å². The van der Waals surface area contributed by atoms with Crippen LogP contribution in [0.5, 0.6) is 0 Å². The highest BCUT2D eigenvalue weighted by Gasteiger charge is 2.11. The first-order chi connectivity index (χ1) is 8.75. The quantitative estimate of drug-likeness (QED) is 0.718. The normalized spacial score (nSPS) is 11.0. The molecule has 3 aromatic rings. The van der Waals surface area contributed by atoms with Crippen molar-refractivity contribution in [2.75, 3.05) is 11.9 Å². The summed E-state index contributed by atoms with van der Waals surface area (Å²) in [7, 11) is 4.15. The van der Waals surface area contributed by atoms with Gasteiger partial charge in [-0.3, -0.25) is 0 Å². The Morgan fingerprint density at radius 3 is 2.78 bits per heavy atom. The van der Waals surface area contributed by atoms with Gasteiger partial charge in [-0.15, -0.1) is 11.3 Å². The third-order valence-corrected chi connectivity index (χ3v) is 3.94. The number of fused-ring (bicyclic) bond motifs is 1. The molecule has 0 fully saturated rings. The lowest BCUT2D eigenvalue weighted by atomic mass is 10.3. The minimum Gasteiger partial charge on any atom is -0.340 e. The molecule has 0 saturated carbocycles. The van der Waals surface area contributed by atoms with E-state index in [1.807, 2.05) is 12.1 Å². The number of hydrogen-bond acceptors (Lipinski definition) is 3. The van der Waals surface area contributed by atoms with Crippen LogP contribution in [0, 0.1) is 0 Å². The number of aromatic nitrogens is 2. The molecule has 2 aromatic heterocycles. The van der Waals surface area contributed by atoms with E-state index in [4.69, 9.17) is 0 Å². The fourth-order valence-corrected chi connectivity index (χ4v) is 2.94. The maximum absolute atomic E-state index is 4.69. The molecule has 0 radical (unpaired) electrons. The van der Waals surface area contributed by atoms with Crippen molar-refractivity contribution in [2.24, 2.45) is 7.05 Å². The van der Waals surface area contributed by atoms with Crippen molar-refractivity contribution in [1.82, 2.24) is 9.55 Å². The Morgan fingerprint density at radius 1 is 1.22 bits per heavy atom. The molecule has 2 heterocycles. The summed E-state index contributed by atoms with van der Waals surface area (Å²) in [6.45, 7) is 0.898. The van der Waals surface area contributed by atoms with Gasteiger partial charge < -0.3 is 9.47 Å². The molecule has 0 aliphatic rings. The van der Waals surface area contributed by atoms with Crippen molar-refractivity contribution in [3.8, 4) is 0 Å². The molecular formula is C14H15N3S. The number of rotatable bonds is 3. The molecule has 3 rings (SSSR count). The van der Waals surface area contributed by atoms with Gasteiger partial charge in [-0.25, -0.2) is 4.98 Å². The molecule has 0 amide bonds. The summed E-state index contributed by atoms with van der Waals surface area (Å²) in [5.41, 5.74) is 2.22. The molecule has 0 bridgehead atoms. The molecule has 0 spiro atoms. The van der Waals surface area contributed by atoms with Crippen molar-refractivity contribution >= 4 is 28.3 Å². The van der Waals surface area contributed by atoms with Crippen molar-refractivity contribution in [2.45, 2.75) is 6.54 Å². The van der Waals surface area contributed by atoms with Gasteiger partial charge in [0.1, 0.15) is 0 Å². The van der Waals surface area contributed by atoms with E-state index >= 15 is 0 Å². The molecule has 4 heteroatoms. The highest BCUT2D eigenvalue weighted by molar-refractivity contribution is 7.09. The number of benzene rings is 1. The SMILES string of the molecule is CN(Cc1cccs1)c1nc2ccccc2n1C. The zero-order valence-corrected chi connectivity index (χ0v) is 11.3. The van der Waals surface area contributed by atoms with Crippen LogP contribution in [0.25, 0.3) is 11.0 Å². The predicted octanol–water partition coefficient (Wildman–Crippen LogP) is 3.27. The van der Waals surface area contributed by atoms with Crippen LogP contribution < -0.4 is 4.90 Å². The largest absolute Gasteiger partial charge is 0.340 e. The maximum Gasteiger partial charge on any atom is 0.206 e. The number of para-hydroxylation sites is 2. The standard InChI is InChI=1S/C14H15N3S/c1-16(10-11-6-5-9-18-11)14-15-12-7-3-4-8-13(12)17(14)2/h3-9H,10H2,1-2H3. The number of hydrogen-bond donors (Lipinski definition) is 0. The Labute approximate surface area is 110 Å². The Kier molecular flexibility index (Phi) is 2.80. The van der Waals surface area contributed by atoms with Gasteiger partial charge in [0.15, 0.2) is 0 Å². The van der Waals surface area contributed by atoms with E-state index in [2.05, 4.69) is 58.2 Å². The third-order valence-electron chi connectivity index (χ3n) is 3.08. The van der Waals surface area contributed by atoms with Crippen LogP contribution in [-0.2, 0) is 13.6 Å². The molecule has 0 aliphatic carbocycles. The summed E-state index contributed by atoms with van der Waals surface area (Å²) in [5.74, 6) is 1.00. The molecule has 0 unspecified atom stereocenters. The molecule has 0 atom stereocenters. The number of anilines is 1. The molecule has 0 saturated heterocycles. The Morgan fingerprint density at radius 2 is 2.06 bits per heavy atom. The third kappa shape index (κ3) is 1.88. The van der Waals surface area contributed by atoms with E-state index in [-0.39, 0.29) is 0 Å². The van der Waals surface area contributed by atoms with Crippen molar-refractivity contribution in [1.29, 1.82) is 0 Å². The predicted molar refractivity (Wildman–Crippen MR) is 77.1 cm³/mol. The molecule has 92 valence electrons. The molecule has 3 nitrogen and oxygen atoms in total. The summed E-state index contributed by atoms with van der Waals surface area (Å²) in [6.07, 6.45) is 0. The van der Waals surface area contributed by atoms with Gasteiger partial charge in [-0.2, -0.15) is 0 Å². The van der Waals surface area contributed by atoms with Gasteiger partial charge in [0, 0.05) is 19.0 Å². The average Bonchev–Trinajstić information content (AvgIpc) is 2.98. The van der Waals surface area contributed by atoms with E-state index in [1.54, 1.807) is 11.3 Å². The number of aryl methyl sites for hydroxylation is 1. The smallest absolute Gasteiger partial charge is 0.206 e. The van der Waals surface area contributed by atoms with Crippen molar-refractivity contribution in [3.63, 3.8) is 0 Å². The summed E-state index contributed by atoms with van der Waals surface area (Å²) >= 11 is 1.78. The lowest BCUT2D eigenvalue weighted by molar-refractivity contribution is 0.825. The van der Waals surface area contributed by atoms with Gasteiger partial charge in [0.2, 0.25) is 5.95 Å². The van der Waals surface area contributed by atoms with Gasteiger partial charge in [-0.1, -0.05) is 18.2 Å². The fourth-order valence-electron chi connectivity index (χ4n) is 2.18. The second kappa shape index (κ2) is 4.46. The van der Waals surface area contributed by atoms with Crippen LogP contribution in [0.1, 0.15) is 4.88 Å². The van der Waals surface area contributed by atoms with Crippen molar-refractivity contribution in [3.05, 3.63) is 46.7 Å². The molecular weight excluding hydrogens is 242 g/mol. The van der Waals surface area contributed by atoms with Crippen LogP contribution in [0.2, 0.25) is 0 Å². The molecule has 18 heavy (non-hydrogen) atoms. The van der Waals surface area contributed by atoms with Gasteiger partial charge in [0.25, 0.3) is 0 Å². The van der Waals surface area contributed by atoms with Crippen LogP contribution in [0.15, 0.2) is 41.8 Å². The second-order valence-corrected chi connectivity index (χ2v) is 5.43. The van der Waals surface area contributed by atoms with Crippen molar-refractivity contribution < 1.29 is 0 Å². The van der Waals surface area contributed by atoms with E-state index in [9.17, 15) is 0 Å². The van der Waals surface area contributed by atoms with E-state index in [0.29, 0.717) is 0 Å². The molecule has 1 aromatic carbocycles. The lowest BCUT2D eigenvalue weighted by Gasteiger charge is -2.17. The Balaban J connectivity index is 1.96. The minimum absolute atomic E-state index is 0.898. The zero-order chi connectivity index (χ0) is 12.5. The first-order valence-electron chi connectivity index (χ1n) is 5.90. The monoisotopic (exact) mass is 257 g/mol. The Hall–Kier alpha value is -1.81. The van der Waals surface area contributed by atoms with Crippen LogP contribution >= 0.6 is 11.3 Å². The summed E-state index contributed by atoms with van der Waals surface area (Å²) in [5, 5.41) is 2.11. The topological polar surface area (TPSA) is 21.1 Å². The number of imidazole rings is 1. The number of nitrogens with zero attached hydrogens (tertiary/aromatic N) is 3. The van der Waals surface area contributed by atoms with Gasteiger partial charge in [-0.05, 0) is 23.6 Å². The van der Waals surface area contributed by atoms with E-state index < -0.39 is 0 Å². The van der Waals surface area contributed by atoms with Gasteiger partial charge in [0.05, 0.1) is 17.6 Å². The summed E-state index contributed by atoms with van der Waals surface area (Å²) < 4.78 is 2.14. The summed E-state index contributed by atoms with van der Waals surface area (Å²) in [6, 6.07) is 12.5. The molecule has 0 N–H and O–H groups in total. The highest BCUT2D eigenvalue weighted by Crippen LogP contribution is 2.22. The van der Waals surface area contributed by atoms with Crippen LogP contribution in [0.3, 0.4) is 0 Å². The fraction of sp³-hybridized carbons (Fsp3) is 0.214. The highest BCUT2D eigenvalue weighted by atomic mass is 32.1. The number of thiophene rings is 1. The Bertz CT molecular complexity index is 655. The first-order valence-corrected chi connectivity index (χ1v) is 6.78.